The lowest BCUT2D eigenvalue weighted by Gasteiger charge is -1.99. The highest BCUT2D eigenvalue weighted by Crippen LogP contribution is 2.31. The van der Waals surface area contributed by atoms with Gasteiger partial charge in [0.25, 0.3) is 0 Å². The van der Waals surface area contributed by atoms with Gasteiger partial charge in [0.15, 0.2) is 5.69 Å². The van der Waals surface area contributed by atoms with Crippen LogP contribution in [-0.2, 0) is 0 Å². The lowest BCUT2D eigenvalue weighted by molar-refractivity contribution is -0.389. The van der Waals surface area contributed by atoms with Crippen molar-refractivity contribution < 1.29 is 4.92 Å². The van der Waals surface area contributed by atoms with E-state index >= 15 is 0 Å². The topological polar surface area (TPSA) is 60.4 Å². The van der Waals surface area contributed by atoms with Gasteiger partial charge < -0.3 is 10.1 Å². The third-order valence-corrected chi connectivity index (χ3v) is 3.01. The fourth-order valence-electron chi connectivity index (χ4n) is 1.99. The number of pyridine rings is 1. The maximum absolute atomic E-state index is 11.3. The van der Waals surface area contributed by atoms with Crippen LogP contribution in [0.4, 0.5) is 5.82 Å². The molecule has 0 aliphatic heterocycles. The van der Waals surface area contributed by atoms with Gasteiger partial charge in [0.05, 0.1) is 6.20 Å². The quantitative estimate of drug-likeness (QED) is 0.530. The zero-order valence-electron chi connectivity index (χ0n) is 9.65. The molecule has 0 unspecified atom stereocenters. The van der Waals surface area contributed by atoms with E-state index in [4.69, 9.17) is 11.6 Å². The summed E-state index contributed by atoms with van der Waals surface area (Å²) >= 11 is 5.92. The predicted molar refractivity (Wildman–Crippen MR) is 72.3 cm³/mol. The maximum atomic E-state index is 11.3. The van der Waals surface area contributed by atoms with Gasteiger partial charge in [-0.1, -0.05) is 29.8 Å². The number of nitrogens with zero attached hydrogens (tertiary/aromatic N) is 3. The minimum atomic E-state index is -0.434. The molecule has 5 nitrogen and oxygen atoms in total. The van der Waals surface area contributed by atoms with Gasteiger partial charge >= 0.3 is 5.82 Å². The fraction of sp³-hybridized carbons (Fsp3) is 0. The molecule has 6 heteroatoms. The van der Waals surface area contributed by atoms with Crippen LogP contribution in [-0.4, -0.2) is 14.3 Å². The Balaban J connectivity index is 2.34. The maximum Gasteiger partial charge on any atom is 0.355 e. The molecule has 0 N–H and O–H groups in total. The van der Waals surface area contributed by atoms with Gasteiger partial charge in [0.1, 0.15) is 0 Å². The largest absolute Gasteiger partial charge is 0.358 e. The molecule has 0 saturated carbocycles. The summed E-state index contributed by atoms with van der Waals surface area (Å²) in [6, 6.07) is 12.1. The number of rotatable bonds is 2. The predicted octanol–water partition coefficient (Wildman–Crippen LogP) is 3.56. The second kappa shape index (κ2) is 4.37. The molecule has 1 aromatic carbocycles. The summed E-state index contributed by atoms with van der Waals surface area (Å²) in [5.74, 6) is -0.0575. The Morgan fingerprint density at radius 2 is 2.05 bits per heavy atom. The number of imidazole rings is 1. The summed E-state index contributed by atoms with van der Waals surface area (Å²) < 4.78 is 1.45. The molecule has 0 fully saturated rings. The van der Waals surface area contributed by atoms with Crippen LogP contribution < -0.4 is 0 Å². The summed E-state index contributed by atoms with van der Waals surface area (Å²) in [6.45, 7) is 0. The number of nitro groups is 1. The average Bonchev–Trinajstić information content (AvgIpc) is 2.78. The minimum Gasteiger partial charge on any atom is -0.358 e. The Morgan fingerprint density at radius 1 is 1.21 bits per heavy atom. The summed E-state index contributed by atoms with van der Waals surface area (Å²) in [4.78, 5) is 15.1. The molecule has 94 valence electrons. The third kappa shape index (κ3) is 1.94. The van der Waals surface area contributed by atoms with E-state index < -0.39 is 4.92 Å². The van der Waals surface area contributed by atoms with Crippen LogP contribution in [0.5, 0.6) is 0 Å². The van der Waals surface area contributed by atoms with Crippen LogP contribution in [0.2, 0.25) is 5.02 Å². The molecule has 0 spiro atoms. The molecule has 0 amide bonds. The van der Waals surface area contributed by atoms with Gasteiger partial charge in [-0.15, -0.1) is 0 Å². The van der Waals surface area contributed by atoms with Crippen LogP contribution in [0, 0.1) is 10.1 Å². The zero-order chi connectivity index (χ0) is 13.4. The molecule has 2 heterocycles. The van der Waals surface area contributed by atoms with Crippen LogP contribution in [0.1, 0.15) is 0 Å². The van der Waals surface area contributed by atoms with E-state index in [1.165, 1.54) is 4.40 Å². The number of hydrogen-bond donors (Lipinski definition) is 0. The summed E-state index contributed by atoms with van der Waals surface area (Å²) in [5.41, 5.74) is 1.48. The van der Waals surface area contributed by atoms with Crippen molar-refractivity contribution in [3.63, 3.8) is 0 Å². The smallest absolute Gasteiger partial charge is 0.355 e. The standard InChI is InChI=1S/C13H8ClN3O2/c14-10-5-3-4-9(8-10)12-13(17(18)19)16-7-2-1-6-11(16)15-12/h1-8H. The summed E-state index contributed by atoms with van der Waals surface area (Å²) in [6.07, 6.45) is 1.62. The fourth-order valence-corrected chi connectivity index (χ4v) is 2.18. The molecule has 0 aliphatic rings. The van der Waals surface area contributed by atoms with Crippen LogP contribution in [0.15, 0.2) is 48.7 Å². The van der Waals surface area contributed by atoms with Gasteiger partial charge in [-0.05, 0) is 23.1 Å². The van der Waals surface area contributed by atoms with Crippen molar-refractivity contribution in [3.05, 3.63) is 63.8 Å². The Labute approximate surface area is 113 Å². The van der Waals surface area contributed by atoms with Crippen molar-refractivity contribution in [2.24, 2.45) is 0 Å². The van der Waals surface area contributed by atoms with Crippen LogP contribution in [0.3, 0.4) is 0 Å². The molecule has 0 aliphatic carbocycles. The van der Waals surface area contributed by atoms with Crippen LogP contribution >= 0.6 is 11.6 Å². The number of hydrogen-bond acceptors (Lipinski definition) is 3. The number of halogens is 1. The highest BCUT2D eigenvalue weighted by atomic mass is 35.5. The van der Waals surface area contributed by atoms with Gasteiger partial charge in [0.2, 0.25) is 5.65 Å². The van der Waals surface area contributed by atoms with Gasteiger partial charge in [-0.25, -0.2) is 0 Å². The Kier molecular flexibility index (Phi) is 2.68. The third-order valence-electron chi connectivity index (χ3n) is 2.78. The Morgan fingerprint density at radius 3 is 2.79 bits per heavy atom. The van der Waals surface area contributed by atoms with Gasteiger partial charge in [0, 0.05) is 16.7 Å². The lowest BCUT2D eigenvalue weighted by Crippen LogP contribution is -1.95. The highest BCUT2D eigenvalue weighted by Gasteiger charge is 2.23. The van der Waals surface area contributed by atoms with Crippen LogP contribution in [0.25, 0.3) is 16.9 Å². The molecule has 19 heavy (non-hydrogen) atoms. The monoisotopic (exact) mass is 273 g/mol. The molecule has 2 aromatic heterocycles. The Bertz CT molecular complexity index is 782. The molecular formula is C13H8ClN3O2. The van der Waals surface area contributed by atoms with E-state index in [0.717, 1.165) is 0 Å². The van der Waals surface area contributed by atoms with Crippen molar-refractivity contribution in [2.45, 2.75) is 0 Å². The van der Waals surface area contributed by atoms with E-state index in [1.807, 2.05) is 0 Å². The summed E-state index contributed by atoms with van der Waals surface area (Å²) in [5, 5.41) is 11.8. The average molecular weight is 274 g/mol. The van der Waals surface area contributed by atoms with Crippen molar-refractivity contribution in [2.75, 3.05) is 0 Å². The Hall–Kier alpha value is -2.40. The van der Waals surface area contributed by atoms with E-state index in [9.17, 15) is 10.1 Å². The first-order valence-electron chi connectivity index (χ1n) is 5.54. The zero-order valence-corrected chi connectivity index (χ0v) is 10.4. The molecule has 0 atom stereocenters. The molecule has 0 bridgehead atoms. The SMILES string of the molecule is O=[N+]([O-])c1c(-c2cccc(Cl)c2)nc2ccccn12. The van der Waals surface area contributed by atoms with Crippen molar-refractivity contribution >= 4 is 23.1 Å². The van der Waals surface area contributed by atoms with Gasteiger partial charge in [-0.3, -0.25) is 0 Å². The first-order chi connectivity index (χ1) is 9.16. The van der Waals surface area contributed by atoms with E-state index in [2.05, 4.69) is 4.98 Å². The van der Waals surface area contributed by atoms with Crippen molar-refractivity contribution in [3.8, 4) is 11.3 Å². The number of benzene rings is 1. The van der Waals surface area contributed by atoms with Crippen molar-refractivity contribution in [1.82, 2.24) is 9.38 Å². The minimum absolute atomic E-state index is 0.0575. The molecule has 0 radical (unpaired) electrons. The van der Waals surface area contributed by atoms with E-state index in [0.29, 0.717) is 21.9 Å². The molecule has 3 rings (SSSR count). The normalized spacial score (nSPS) is 10.8. The molecule has 0 saturated heterocycles. The highest BCUT2D eigenvalue weighted by molar-refractivity contribution is 6.30. The molecular weight excluding hydrogens is 266 g/mol. The number of fused-ring (bicyclic) bond motifs is 1. The lowest BCUT2D eigenvalue weighted by atomic mass is 10.1. The van der Waals surface area contributed by atoms with Gasteiger partial charge in [-0.2, -0.15) is 9.38 Å². The summed E-state index contributed by atoms with van der Waals surface area (Å²) in [7, 11) is 0. The second-order valence-electron chi connectivity index (χ2n) is 3.98. The first kappa shape index (κ1) is 11.7. The first-order valence-corrected chi connectivity index (χ1v) is 5.92. The van der Waals surface area contributed by atoms with Crippen molar-refractivity contribution in [1.29, 1.82) is 0 Å². The number of aromatic nitrogens is 2. The van der Waals surface area contributed by atoms with E-state index in [1.54, 1.807) is 48.7 Å². The second-order valence-corrected chi connectivity index (χ2v) is 4.42. The van der Waals surface area contributed by atoms with E-state index in [-0.39, 0.29) is 5.82 Å². The molecule has 3 aromatic rings.